The number of para-hydroxylation sites is 2. The average molecular weight is 396 g/mol. The molecule has 0 atom stereocenters. The Morgan fingerprint density at radius 3 is 2.89 bits per heavy atom. The molecule has 0 bridgehead atoms. The van der Waals surface area contributed by atoms with Crippen LogP contribution < -0.4 is 14.5 Å². The van der Waals surface area contributed by atoms with Crippen molar-refractivity contribution in [1.29, 1.82) is 0 Å². The van der Waals surface area contributed by atoms with E-state index in [9.17, 15) is 14.9 Å². The third-order valence-electron chi connectivity index (χ3n) is 4.28. The van der Waals surface area contributed by atoms with Crippen LogP contribution in [0.3, 0.4) is 0 Å². The molecule has 0 unspecified atom stereocenters. The van der Waals surface area contributed by atoms with Gasteiger partial charge >= 0.3 is 11.6 Å². The molecule has 4 aromatic rings. The zero-order valence-electron chi connectivity index (χ0n) is 15.1. The molecule has 2 heterocycles. The number of fused-ring (bicyclic) bond motifs is 2. The first-order chi connectivity index (χ1) is 13.5. The van der Waals surface area contributed by atoms with Gasteiger partial charge in [-0.1, -0.05) is 23.5 Å². The fourth-order valence-corrected chi connectivity index (χ4v) is 3.87. The molecule has 2 aromatic heterocycles. The second-order valence-corrected chi connectivity index (χ2v) is 7.08. The number of benzene rings is 2. The number of anilines is 1. The van der Waals surface area contributed by atoms with Gasteiger partial charge in [0.2, 0.25) is 0 Å². The van der Waals surface area contributed by atoms with Crippen LogP contribution in [0.25, 0.3) is 21.3 Å². The summed E-state index contributed by atoms with van der Waals surface area (Å²) >= 11 is 1.26. The van der Waals surface area contributed by atoms with Gasteiger partial charge in [-0.05, 0) is 38.1 Å². The molecule has 142 valence electrons. The van der Waals surface area contributed by atoms with Crippen LogP contribution in [0.15, 0.2) is 42.5 Å². The highest BCUT2D eigenvalue weighted by Gasteiger charge is 2.27. The summed E-state index contributed by atoms with van der Waals surface area (Å²) in [6.07, 6.45) is 0. The second-order valence-electron chi connectivity index (χ2n) is 6.05. The third kappa shape index (κ3) is 2.95. The zero-order valence-corrected chi connectivity index (χ0v) is 15.9. The van der Waals surface area contributed by atoms with Gasteiger partial charge in [0.15, 0.2) is 5.13 Å². The Balaban J connectivity index is 1.73. The summed E-state index contributed by atoms with van der Waals surface area (Å²) in [5.41, 5.74) is 0.788. The number of carbonyl (C=O) groups excluding carboxylic acids is 1. The van der Waals surface area contributed by atoms with Gasteiger partial charge in [-0.3, -0.25) is 10.1 Å². The van der Waals surface area contributed by atoms with E-state index in [1.54, 1.807) is 24.3 Å². The minimum atomic E-state index is -0.688. The first-order valence-electron chi connectivity index (χ1n) is 8.58. The Labute approximate surface area is 163 Å². The molecule has 0 radical (unpaired) electrons. The molecule has 0 aliphatic heterocycles. The van der Waals surface area contributed by atoms with Crippen molar-refractivity contribution in [1.82, 2.24) is 9.71 Å². The van der Waals surface area contributed by atoms with Crippen LogP contribution >= 0.6 is 11.3 Å². The highest BCUT2D eigenvalue weighted by atomic mass is 32.1. The lowest BCUT2D eigenvalue weighted by Crippen LogP contribution is -2.33. The number of ether oxygens (including phenoxy) is 1. The maximum atomic E-state index is 12.8. The highest BCUT2D eigenvalue weighted by molar-refractivity contribution is 7.22. The molecule has 0 aliphatic rings. The number of hydrogen-bond acceptors (Lipinski definition) is 6. The summed E-state index contributed by atoms with van der Waals surface area (Å²) < 4.78 is 7.38. The van der Waals surface area contributed by atoms with Gasteiger partial charge < -0.3 is 14.7 Å². The van der Waals surface area contributed by atoms with E-state index in [-0.39, 0.29) is 22.4 Å². The number of aromatic nitrogens is 3. The van der Waals surface area contributed by atoms with Gasteiger partial charge in [0, 0.05) is 11.0 Å². The van der Waals surface area contributed by atoms with Gasteiger partial charge in [0.05, 0.1) is 26.9 Å². The fourth-order valence-electron chi connectivity index (χ4n) is 2.98. The maximum absolute atomic E-state index is 12.8. The normalized spacial score (nSPS) is 11.1. The molecule has 1 amide bonds. The van der Waals surface area contributed by atoms with E-state index in [1.807, 2.05) is 13.0 Å². The molecule has 8 nitrogen and oxygen atoms in total. The number of rotatable bonds is 4. The number of nitrogens with zero attached hydrogens (tertiary/aromatic N) is 3. The van der Waals surface area contributed by atoms with Crippen molar-refractivity contribution in [2.75, 3.05) is 11.9 Å². The predicted octanol–water partition coefficient (Wildman–Crippen LogP) is 3.47. The number of thiazole rings is 1. The lowest BCUT2D eigenvalue weighted by Gasteiger charge is -2.15. The summed E-state index contributed by atoms with van der Waals surface area (Å²) in [6.45, 7) is 3.89. The molecule has 0 fully saturated rings. The Hall–Kier alpha value is -3.46. The van der Waals surface area contributed by atoms with Crippen molar-refractivity contribution in [3.05, 3.63) is 64.0 Å². The first kappa shape index (κ1) is 17.9. The molecule has 1 N–H and O–H groups in total. The predicted molar refractivity (Wildman–Crippen MR) is 108 cm³/mol. The van der Waals surface area contributed by atoms with E-state index in [0.29, 0.717) is 32.2 Å². The van der Waals surface area contributed by atoms with E-state index in [0.717, 1.165) is 4.70 Å². The van der Waals surface area contributed by atoms with Crippen LogP contribution in [0.2, 0.25) is 0 Å². The van der Waals surface area contributed by atoms with Crippen molar-refractivity contribution in [3.8, 4) is 5.75 Å². The summed E-state index contributed by atoms with van der Waals surface area (Å²) in [6, 6.07) is 11.8. The SMILES string of the molecule is CCOc1ccc2nc(NC(=O)c3c(C)n([O-])c4ccccc4[n+]3=O)sc2c1. The molecular formula is C19H16N4O4S. The first-order valence-corrected chi connectivity index (χ1v) is 9.40. The van der Waals surface area contributed by atoms with Gasteiger partial charge in [0.1, 0.15) is 11.3 Å². The van der Waals surface area contributed by atoms with Crippen molar-refractivity contribution in [3.63, 3.8) is 0 Å². The van der Waals surface area contributed by atoms with Crippen LogP contribution in [-0.4, -0.2) is 22.2 Å². The lowest BCUT2D eigenvalue weighted by atomic mass is 10.2. The number of hydrogen-bond donors (Lipinski definition) is 1. The fraction of sp³-hybridized carbons (Fsp3) is 0.158. The summed E-state index contributed by atoms with van der Waals surface area (Å²) in [7, 11) is 0. The third-order valence-corrected chi connectivity index (χ3v) is 5.21. The van der Waals surface area contributed by atoms with Crippen molar-refractivity contribution < 1.29 is 14.0 Å². The number of carbonyl (C=O) groups is 1. The Bertz CT molecular complexity index is 1280. The Kier molecular flexibility index (Phi) is 4.44. The molecule has 28 heavy (non-hydrogen) atoms. The second kappa shape index (κ2) is 6.93. The van der Waals surface area contributed by atoms with Crippen molar-refractivity contribution in [2.45, 2.75) is 13.8 Å². The van der Waals surface area contributed by atoms with E-state index in [4.69, 9.17) is 4.74 Å². The molecule has 0 saturated heterocycles. The molecule has 0 aliphatic carbocycles. The van der Waals surface area contributed by atoms with Crippen molar-refractivity contribution in [2.24, 2.45) is 0 Å². The van der Waals surface area contributed by atoms with E-state index >= 15 is 0 Å². The van der Waals surface area contributed by atoms with Crippen LogP contribution in [-0.2, 0) is 0 Å². The van der Waals surface area contributed by atoms with Gasteiger partial charge in [-0.15, -0.1) is 0 Å². The number of nitrogens with one attached hydrogen (secondary N) is 1. The summed E-state index contributed by atoms with van der Waals surface area (Å²) in [4.78, 5) is 29.8. The minimum absolute atomic E-state index is 0.0194. The summed E-state index contributed by atoms with van der Waals surface area (Å²) in [5.74, 6) is 0.0265. The average Bonchev–Trinajstić information content (AvgIpc) is 3.08. The van der Waals surface area contributed by atoms with E-state index < -0.39 is 5.91 Å². The van der Waals surface area contributed by atoms with Crippen molar-refractivity contribution >= 4 is 43.6 Å². The molecule has 0 spiro atoms. The van der Waals surface area contributed by atoms with Crippen LogP contribution in [0, 0.1) is 17.0 Å². The number of amides is 1. The van der Waals surface area contributed by atoms with E-state index in [2.05, 4.69) is 10.3 Å². The topological polar surface area (TPSA) is 102 Å². The highest BCUT2D eigenvalue weighted by Crippen LogP contribution is 2.29. The largest absolute Gasteiger partial charge is 0.805 e. The smallest absolute Gasteiger partial charge is 0.346 e. The molecular weight excluding hydrogens is 380 g/mol. The lowest BCUT2D eigenvalue weighted by molar-refractivity contribution is -0.468. The van der Waals surface area contributed by atoms with Crippen LogP contribution in [0.5, 0.6) is 5.75 Å². The van der Waals surface area contributed by atoms with Gasteiger partial charge in [-0.2, -0.15) is 0 Å². The monoisotopic (exact) mass is 396 g/mol. The standard InChI is InChI=1S/C19H16N4O4S/c1-3-27-12-8-9-13-16(10-12)28-19(20-13)21-18(24)17-11(2)22(25)14-6-4-5-7-15(14)23(17)26/h4-10H,3H2,1-2H3,(H,20,21,24). The minimum Gasteiger partial charge on any atom is -0.805 e. The molecule has 9 heteroatoms. The van der Waals surface area contributed by atoms with Gasteiger partial charge in [0.25, 0.3) is 5.52 Å². The zero-order chi connectivity index (χ0) is 19.8. The van der Waals surface area contributed by atoms with Crippen LogP contribution in [0.1, 0.15) is 23.1 Å². The molecule has 2 aromatic carbocycles. The maximum Gasteiger partial charge on any atom is 0.346 e. The summed E-state index contributed by atoms with van der Waals surface area (Å²) in [5, 5.41) is 15.4. The molecule has 4 rings (SSSR count). The van der Waals surface area contributed by atoms with Gasteiger partial charge in [-0.25, -0.2) is 4.98 Å². The Morgan fingerprint density at radius 1 is 1.32 bits per heavy atom. The van der Waals surface area contributed by atoms with E-state index in [1.165, 1.54) is 30.4 Å². The molecule has 0 saturated carbocycles. The Morgan fingerprint density at radius 2 is 2.11 bits per heavy atom. The van der Waals surface area contributed by atoms with Crippen LogP contribution in [0.4, 0.5) is 5.13 Å². The quantitative estimate of drug-likeness (QED) is 0.532.